The number of ether oxygens (including phenoxy) is 2. The summed E-state index contributed by atoms with van der Waals surface area (Å²) in [4.78, 5) is 2.17. The molecule has 3 rings (SSSR count). The topological polar surface area (TPSA) is 18.5 Å². The SMILES string of the molecule is Fc1ccccc1Cc1ccc(C2OCCO2)s1. The Morgan fingerprint density at radius 3 is 2.67 bits per heavy atom. The summed E-state index contributed by atoms with van der Waals surface area (Å²) in [5, 5.41) is 0. The highest BCUT2D eigenvalue weighted by molar-refractivity contribution is 7.12. The van der Waals surface area contributed by atoms with Gasteiger partial charge in [0.05, 0.1) is 18.1 Å². The lowest BCUT2D eigenvalue weighted by molar-refractivity contribution is -0.0413. The smallest absolute Gasteiger partial charge is 0.193 e. The summed E-state index contributed by atoms with van der Waals surface area (Å²) in [6.07, 6.45) is 0.383. The third-order valence-electron chi connectivity index (χ3n) is 2.86. The summed E-state index contributed by atoms with van der Waals surface area (Å²) >= 11 is 1.62. The van der Waals surface area contributed by atoms with Crippen LogP contribution in [0.5, 0.6) is 0 Å². The molecule has 0 unspecified atom stereocenters. The molecule has 4 heteroatoms. The summed E-state index contributed by atoms with van der Waals surface area (Å²) < 4.78 is 24.4. The summed E-state index contributed by atoms with van der Waals surface area (Å²) in [6.45, 7) is 1.29. The monoisotopic (exact) mass is 264 g/mol. The molecular formula is C14H13FO2S. The van der Waals surface area contributed by atoms with E-state index in [1.807, 2.05) is 24.3 Å². The second kappa shape index (κ2) is 5.18. The Labute approximate surface area is 109 Å². The summed E-state index contributed by atoms with van der Waals surface area (Å²) in [6, 6.07) is 10.9. The van der Waals surface area contributed by atoms with E-state index >= 15 is 0 Å². The second-order valence-corrected chi connectivity index (χ2v) is 5.35. The van der Waals surface area contributed by atoms with Gasteiger partial charge in [-0.15, -0.1) is 11.3 Å². The lowest BCUT2D eigenvalue weighted by Gasteiger charge is -2.05. The average molecular weight is 264 g/mol. The number of hydrogen-bond donors (Lipinski definition) is 0. The predicted octanol–water partition coefficient (Wildman–Crippen LogP) is 3.52. The normalized spacial score (nSPS) is 16.3. The first kappa shape index (κ1) is 11.8. The number of hydrogen-bond acceptors (Lipinski definition) is 3. The van der Waals surface area contributed by atoms with Gasteiger partial charge in [0, 0.05) is 11.3 Å². The minimum absolute atomic E-state index is 0.152. The van der Waals surface area contributed by atoms with Crippen molar-refractivity contribution in [2.75, 3.05) is 13.2 Å². The number of thiophene rings is 1. The van der Waals surface area contributed by atoms with Crippen LogP contribution >= 0.6 is 11.3 Å². The van der Waals surface area contributed by atoms with E-state index in [-0.39, 0.29) is 12.1 Å². The first-order valence-corrected chi connectivity index (χ1v) is 6.70. The van der Waals surface area contributed by atoms with Gasteiger partial charge in [-0.25, -0.2) is 4.39 Å². The van der Waals surface area contributed by atoms with Crippen LogP contribution in [-0.2, 0) is 15.9 Å². The first-order valence-electron chi connectivity index (χ1n) is 5.88. The van der Waals surface area contributed by atoms with Gasteiger partial charge < -0.3 is 9.47 Å². The van der Waals surface area contributed by atoms with E-state index in [9.17, 15) is 4.39 Å². The molecule has 0 N–H and O–H groups in total. The van der Waals surface area contributed by atoms with Crippen LogP contribution in [0.2, 0.25) is 0 Å². The maximum Gasteiger partial charge on any atom is 0.193 e. The second-order valence-electron chi connectivity index (χ2n) is 4.15. The maximum absolute atomic E-state index is 13.5. The fourth-order valence-corrected chi connectivity index (χ4v) is 3.00. The van der Waals surface area contributed by atoms with Gasteiger partial charge in [-0.3, -0.25) is 0 Å². The molecule has 18 heavy (non-hydrogen) atoms. The zero-order valence-electron chi connectivity index (χ0n) is 9.77. The first-order chi connectivity index (χ1) is 8.83. The van der Waals surface area contributed by atoms with Gasteiger partial charge in [-0.05, 0) is 23.8 Å². The third kappa shape index (κ3) is 2.46. The van der Waals surface area contributed by atoms with Gasteiger partial charge in [0.15, 0.2) is 6.29 Å². The summed E-state index contributed by atoms with van der Waals surface area (Å²) in [7, 11) is 0. The van der Waals surface area contributed by atoms with Crippen molar-refractivity contribution in [2.45, 2.75) is 12.7 Å². The van der Waals surface area contributed by atoms with E-state index in [0.29, 0.717) is 19.6 Å². The van der Waals surface area contributed by atoms with Gasteiger partial charge in [0.25, 0.3) is 0 Å². The van der Waals surface area contributed by atoms with Gasteiger partial charge in [0.2, 0.25) is 0 Å². The fourth-order valence-electron chi connectivity index (χ4n) is 1.97. The standard InChI is InChI=1S/C14H13FO2S/c15-12-4-2-1-3-10(12)9-11-5-6-13(18-11)14-16-7-8-17-14/h1-6,14H,7-9H2. The van der Waals surface area contributed by atoms with Gasteiger partial charge in [0.1, 0.15) is 5.82 Å². The predicted molar refractivity (Wildman–Crippen MR) is 68.2 cm³/mol. The minimum Gasteiger partial charge on any atom is -0.345 e. The maximum atomic E-state index is 13.5. The van der Waals surface area contributed by atoms with Crippen LogP contribution in [0.15, 0.2) is 36.4 Å². The van der Waals surface area contributed by atoms with Crippen molar-refractivity contribution in [1.29, 1.82) is 0 Å². The molecule has 1 saturated heterocycles. The molecule has 2 heterocycles. The molecule has 1 aliphatic heterocycles. The Hall–Kier alpha value is -1.23. The molecule has 2 nitrogen and oxygen atoms in total. The average Bonchev–Trinajstić information content (AvgIpc) is 3.02. The van der Waals surface area contributed by atoms with Gasteiger partial charge in [-0.2, -0.15) is 0 Å². The lowest BCUT2D eigenvalue weighted by Crippen LogP contribution is -1.93. The van der Waals surface area contributed by atoms with Crippen LogP contribution < -0.4 is 0 Å². The van der Waals surface area contributed by atoms with Crippen LogP contribution in [0.3, 0.4) is 0 Å². The molecule has 2 aromatic rings. The fraction of sp³-hybridized carbons (Fsp3) is 0.286. The molecule has 0 spiro atoms. The molecule has 1 fully saturated rings. The molecule has 94 valence electrons. The lowest BCUT2D eigenvalue weighted by atomic mass is 10.1. The van der Waals surface area contributed by atoms with Crippen molar-refractivity contribution in [2.24, 2.45) is 0 Å². The molecule has 0 radical (unpaired) electrons. The minimum atomic E-state index is -0.232. The number of rotatable bonds is 3. The largest absolute Gasteiger partial charge is 0.345 e. The molecule has 1 aromatic heterocycles. The number of benzene rings is 1. The summed E-state index contributed by atoms with van der Waals surface area (Å²) in [5.41, 5.74) is 0.721. The van der Waals surface area contributed by atoms with Crippen molar-refractivity contribution in [1.82, 2.24) is 0 Å². The zero-order chi connectivity index (χ0) is 12.4. The Morgan fingerprint density at radius 2 is 1.89 bits per heavy atom. The summed E-state index contributed by atoms with van der Waals surface area (Å²) in [5.74, 6) is -0.152. The Balaban J connectivity index is 1.75. The molecule has 1 aromatic carbocycles. The Kier molecular flexibility index (Phi) is 3.41. The highest BCUT2D eigenvalue weighted by atomic mass is 32.1. The molecule has 0 aliphatic carbocycles. The van der Waals surface area contributed by atoms with Gasteiger partial charge in [-0.1, -0.05) is 18.2 Å². The van der Waals surface area contributed by atoms with Crippen LogP contribution in [-0.4, -0.2) is 13.2 Å². The van der Waals surface area contributed by atoms with Crippen molar-refractivity contribution in [3.8, 4) is 0 Å². The highest BCUT2D eigenvalue weighted by Crippen LogP contribution is 2.30. The van der Waals surface area contributed by atoms with Crippen LogP contribution in [0.4, 0.5) is 4.39 Å². The van der Waals surface area contributed by atoms with Crippen LogP contribution in [0.1, 0.15) is 21.6 Å². The van der Waals surface area contributed by atoms with Crippen molar-refractivity contribution in [3.63, 3.8) is 0 Å². The van der Waals surface area contributed by atoms with Crippen LogP contribution in [0, 0.1) is 5.82 Å². The van der Waals surface area contributed by atoms with E-state index in [2.05, 4.69) is 0 Å². The third-order valence-corrected chi connectivity index (χ3v) is 3.97. The highest BCUT2D eigenvalue weighted by Gasteiger charge is 2.20. The van der Waals surface area contributed by atoms with Crippen molar-refractivity contribution in [3.05, 3.63) is 57.5 Å². The van der Waals surface area contributed by atoms with E-state index in [4.69, 9.17) is 9.47 Å². The molecular weight excluding hydrogens is 251 g/mol. The quantitative estimate of drug-likeness (QED) is 0.844. The molecule has 0 bridgehead atoms. The van der Waals surface area contributed by atoms with Crippen molar-refractivity contribution >= 4 is 11.3 Å². The van der Waals surface area contributed by atoms with Crippen molar-refractivity contribution < 1.29 is 13.9 Å². The van der Waals surface area contributed by atoms with E-state index in [0.717, 1.165) is 15.3 Å². The molecule has 1 aliphatic rings. The molecule has 0 atom stereocenters. The van der Waals surface area contributed by atoms with E-state index < -0.39 is 0 Å². The molecule has 0 saturated carbocycles. The van der Waals surface area contributed by atoms with Crippen LogP contribution in [0.25, 0.3) is 0 Å². The van der Waals surface area contributed by atoms with Gasteiger partial charge >= 0.3 is 0 Å². The van der Waals surface area contributed by atoms with E-state index in [1.54, 1.807) is 17.4 Å². The Bertz CT molecular complexity index is 532. The number of halogens is 1. The Morgan fingerprint density at radius 1 is 1.11 bits per heavy atom. The molecule has 0 amide bonds. The van der Waals surface area contributed by atoms with E-state index in [1.165, 1.54) is 6.07 Å². The zero-order valence-corrected chi connectivity index (χ0v) is 10.6.